The number of aromatic nitrogens is 1. The van der Waals surface area contributed by atoms with Crippen molar-refractivity contribution in [1.29, 1.82) is 0 Å². The minimum atomic E-state index is 0.780. The van der Waals surface area contributed by atoms with Gasteiger partial charge < -0.3 is 4.40 Å². The predicted molar refractivity (Wildman–Crippen MR) is 52.5 cm³/mol. The van der Waals surface area contributed by atoms with E-state index in [-0.39, 0.29) is 0 Å². The molecule has 0 aliphatic heterocycles. The molecule has 2 heteroatoms. The smallest absolute Gasteiger partial charge is 0.142 e. The highest BCUT2D eigenvalue weighted by Gasteiger charge is 1.94. The van der Waals surface area contributed by atoms with E-state index < -0.39 is 0 Å². The Morgan fingerprint density at radius 3 is 2.92 bits per heavy atom. The molecule has 2 heterocycles. The van der Waals surface area contributed by atoms with E-state index >= 15 is 0 Å². The van der Waals surface area contributed by atoms with E-state index in [4.69, 9.17) is 0 Å². The molecule has 2 nitrogen and oxygen atoms in total. The van der Waals surface area contributed by atoms with E-state index in [1.165, 1.54) is 6.08 Å². The Hall–Kier alpha value is -1.83. The lowest BCUT2D eigenvalue weighted by atomic mass is 10.4. The molecule has 0 atom stereocenters. The minimum absolute atomic E-state index is 0.780. The third-order valence-corrected chi connectivity index (χ3v) is 1.94. The van der Waals surface area contributed by atoms with Crippen molar-refractivity contribution in [3.05, 3.63) is 48.3 Å². The first-order valence-electron chi connectivity index (χ1n) is 4.10. The first kappa shape index (κ1) is 7.80. The Morgan fingerprint density at radius 2 is 2.08 bits per heavy atom. The van der Waals surface area contributed by atoms with Gasteiger partial charge in [0.05, 0.1) is 0 Å². The number of nitrogens with zero attached hydrogens (tertiary/aromatic N) is 1. The molecule has 0 fully saturated rings. The number of carbonyl (C=O) groups is 1. The van der Waals surface area contributed by atoms with Crippen molar-refractivity contribution in [2.45, 2.75) is 0 Å². The molecule has 0 spiro atoms. The molecule has 0 saturated carbocycles. The van der Waals surface area contributed by atoms with Crippen LogP contribution in [-0.2, 0) is 4.79 Å². The maximum absolute atomic E-state index is 10.1. The fourth-order valence-corrected chi connectivity index (χ4v) is 1.35. The van der Waals surface area contributed by atoms with Crippen LogP contribution in [0.4, 0.5) is 0 Å². The Balaban J connectivity index is 2.57. The molecule has 0 aliphatic rings. The molecule has 2 aromatic rings. The normalized spacial score (nSPS) is 11.1. The predicted octanol–water partition coefficient (Wildman–Crippen LogP) is 2.15. The average Bonchev–Trinajstić information content (AvgIpc) is 2.58. The lowest BCUT2D eigenvalue weighted by Crippen LogP contribution is -1.84. The van der Waals surface area contributed by atoms with Gasteiger partial charge in [0.25, 0.3) is 0 Å². The first-order valence-corrected chi connectivity index (χ1v) is 4.10. The summed E-state index contributed by atoms with van der Waals surface area (Å²) in [6, 6.07) is 9.98. The van der Waals surface area contributed by atoms with Crippen molar-refractivity contribution in [3.63, 3.8) is 0 Å². The van der Waals surface area contributed by atoms with Crippen molar-refractivity contribution < 1.29 is 4.79 Å². The number of hydrogen-bond acceptors (Lipinski definition) is 1. The maximum Gasteiger partial charge on any atom is 0.142 e. The molecular weight excluding hydrogens is 162 g/mol. The molecule has 13 heavy (non-hydrogen) atoms. The molecule has 0 N–H and O–H groups in total. The van der Waals surface area contributed by atoms with Crippen LogP contribution in [0.5, 0.6) is 0 Å². The van der Waals surface area contributed by atoms with Gasteiger partial charge >= 0.3 is 0 Å². The lowest BCUT2D eigenvalue weighted by molar-refractivity contribution is -0.104. The summed E-state index contributed by atoms with van der Waals surface area (Å²) in [4.78, 5) is 10.1. The molecule has 2 rings (SSSR count). The zero-order valence-corrected chi connectivity index (χ0v) is 7.05. The minimum Gasteiger partial charge on any atom is -0.317 e. The van der Waals surface area contributed by atoms with Crippen LogP contribution in [0.25, 0.3) is 11.6 Å². The Bertz CT molecular complexity index is 454. The van der Waals surface area contributed by atoms with Crippen molar-refractivity contribution in [2.75, 3.05) is 0 Å². The summed E-state index contributed by atoms with van der Waals surface area (Å²) < 4.78 is 2.03. The van der Waals surface area contributed by atoms with Gasteiger partial charge in [-0.25, -0.2) is 0 Å². The highest BCUT2D eigenvalue weighted by atomic mass is 16.1. The van der Waals surface area contributed by atoms with Gasteiger partial charge in [0.15, 0.2) is 0 Å². The second kappa shape index (κ2) is 3.27. The SMILES string of the molecule is O=C/C=C/c1ccc2ccccn12. The zero-order chi connectivity index (χ0) is 9.10. The summed E-state index contributed by atoms with van der Waals surface area (Å²) >= 11 is 0. The largest absolute Gasteiger partial charge is 0.317 e. The van der Waals surface area contributed by atoms with E-state index in [2.05, 4.69) is 0 Å². The van der Waals surface area contributed by atoms with Crippen molar-refractivity contribution in [1.82, 2.24) is 4.40 Å². The molecular formula is C11H9NO. The number of aldehydes is 1. The van der Waals surface area contributed by atoms with E-state index in [0.29, 0.717) is 0 Å². The maximum atomic E-state index is 10.1. The van der Waals surface area contributed by atoms with E-state index in [0.717, 1.165) is 17.5 Å². The molecule has 0 amide bonds. The van der Waals surface area contributed by atoms with Crippen LogP contribution in [-0.4, -0.2) is 10.7 Å². The van der Waals surface area contributed by atoms with Gasteiger partial charge in [-0.1, -0.05) is 6.07 Å². The fraction of sp³-hybridized carbons (Fsp3) is 0. The Morgan fingerprint density at radius 1 is 1.15 bits per heavy atom. The van der Waals surface area contributed by atoms with Gasteiger partial charge in [0, 0.05) is 17.4 Å². The average molecular weight is 171 g/mol. The second-order valence-corrected chi connectivity index (χ2v) is 2.75. The van der Waals surface area contributed by atoms with Gasteiger partial charge in [-0.15, -0.1) is 0 Å². The number of pyridine rings is 1. The van der Waals surface area contributed by atoms with E-state index in [1.54, 1.807) is 6.08 Å². The van der Waals surface area contributed by atoms with Crippen molar-refractivity contribution in [2.24, 2.45) is 0 Å². The molecule has 0 bridgehead atoms. The highest BCUT2D eigenvalue weighted by Crippen LogP contribution is 2.10. The highest BCUT2D eigenvalue weighted by molar-refractivity contribution is 5.74. The first-order chi connectivity index (χ1) is 6.42. The summed E-state index contributed by atoms with van der Waals surface area (Å²) in [6.07, 6.45) is 6.04. The quantitative estimate of drug-likeness (QED) is 0.501. The topological polar surface area (TPSA) is 21.5 Å². The zero-order valence-electron chi connectivity index (χ0n) is 7.05. The van der Waals surface area contributed by atoms with E-state index in [9.17, 15) is 4.79 Å². The molecule has 0 unspecified atom stereocenters. The molecule has 0 aromatic carbocycles. The van der Waals surface area contributed by atoms with Crippen molar-refractivity contribution in [3.8, 4) is 0 Å². The number of hydrogen-bond donors (Lipinski definition) is 0. The third-order valence-electron chi connectivity index (χ3n) is 1.94. The van der Waals surface area contributed by atoms with Crippen LogP contribution < -0.4 is 0 Å². The third kappa shape index (κ3) is 1.38. The van der Waals surface area contributed by atoms with Gasteiger partial charge in [0.1, 0.15) is 6.29 Å². The van der Waals surface area contributed by atoms with Crippen molar-refractivity contribution >= 4 is 17.9 Å². The number of allylic oxidation sites excluding steroid dienone is 1. The lowest BCUT2D eigenvalue weighted by Gasteiger charge is -1.95. The standard InChI is InChI=1S/C11H9NO/c13-9-3-5-11-7-6-10-4-1-2-8-12(10)11/h1-9H/b5-3+. The van der Waals surface area contributed by atoms with Gasteiger partial charge in [0.2, 0.25) is 0 Å². The summed E-state index contributed by atoms with van der Waals surface area (Å²) in [6.45, 7) is 0. The van der Waals surface area contributed by atoms with Crippen LogP contribution in [0.3, 0.4) is 0 Å². The summed E-state index contributed by atoms with van der Waals surface area (Å²) in [5.41, 5.74) is 2.15. The number of rotatable bonds is 2. The van der Waals surface area contributed by atoms with Crippen LogP contribution in [0, 0.1) is 0 Å². The van der Waals surface area contributed by atoms with E-state index in [1.807, 2.05) is 40.9 Å². The number of carbonyl (C=O) groups excluding carboxylic acids is 1. The van der Waals surface area contributed by atoms with Crippen LogP contribution >= 0.6 is 0 Å². The summed E-state index contributed by atoms with van der Waals surface area (Å²) in [7, 11) is 0. The summed E-state index contributed by atoms with van der Waals surface area (Å²) in [5, 5.41) is 0. The Kier molecular flexibility index (Phi) is 1.96. The molecule has 0 saturated heterocycles. The van der Waals surface area contributed by atoms with Crippen LogP contribution in [0.15, 0.2) is 42.6 Å². The van der Waals surface area contributed by atoms with Gasteiger partial charge in [-0.2, -0.15) is 0 Å². The fourth-order valence-electron chi connectivity index (χ4n) is 1.35. The number of fused-ring (bicyclic) bond motifs is 1. The van der Waals surface area contributed by atoms with Gasteiger partial charge in [-0.05, 0) is 36.4 Å². The molecule has 0 aliphatic carbocycles. The monoisotopic (exact) mass is 171 g/mol. The van der Waals surface area contributed by atoms with Crippen LogP contribution in [0.1, 0.15) is 5.69 Å². The van der Waals surface area contributed by atoms with Gasteiger partial charge in [-0.3, -0.25) is 4.79 Å². The second-order valence-electron chi connectivity index (χ2n) is 2.75. The molecule has 64 valence electrons. The summed E-state index contributed by atoms with van der Waals surface area (Å²) in [5.74, 6) is 0. The molecule has 2 aromatic heterocycles. The molecule has 0 radical (unpaired) electrons. The van der Waals surface area contributed by atoms with Crippen LogP contribution in [0.2, 0.25) is 0 Å². The Labute approximate surface area is 76.1 Å².